The average Bonchev–Trinajstić information content (AvgIpc) is 2.73. The van der Waals surface area contributed by atoms with Crippen molar-refractivity contribution >= 4 is 19.4 Å². The van der Waals surface area contributed by atoms with E-state index in [1.54, 1.807) is 11.5 Å². The number of halogens is 1. The molecule has 1 N–H and O–H groups in total. The van der Waals surface area contributed by atoms with Crippen molar-refractivity contribution in [2.75, 3.05) is 6.79 Å². The summed E-state index contributed by atoms with van der Waals surface area (Å²) in [6, 6.07) is 0. The molecule has 10 heteroatoms. The van der Waals surface area contributed by atoms with Gasteiger partial charge in [-0.1, -0.05) is 0 Å². The van der Waals surface area contributed by atoms with Gasteiger partial charge in [0, 0.05) is 0 Å². The fourth-order valence-corrected chi connectivity index (χ4v) is 1.68. The van der Waals surface area contributed by atoms with Gasteiger partial charge in [-0.3, -0.25) is 9.09 Å². The Morgan fingerprint density at radius 1 is 1.53 bits per heavy atom. The number of aromatic nitrogens is 4. The monoisotopic (exact) mass is 290 g/mol. The molecule has 2 aromatic heterocycles. The molecule has 0 aliphatic carbocycles. The number of imidazole rings is 1. The van der Waals surface area contributed by atoms with Crippen LogP contribution < -0.4 is 0 Å². The molecule has 2 rings (SSSR count). The molecule has 2 heterocycles. The SMILES string of the molecule is C[C@H](Cn1cnc2c(F)ncnc21)OCO[PH](=O)O. The molecule has 0 bridgehead atoms. The third kappa shape index (κ3) is 3.54. The van der Waals surface area contributed by atoms with E-state index in [4.69, 9.17) is 9.63 Å². The first kappa shape index (κ1) is 14.0. The summed E-state index contributed by atoms with van der Waals surface area (Å²) >= 11 is 0. The minimum atomic E-state index is -3.00. The lowest BCUT2D eigenvalue weighted by molar-refractivity contribution is -0.0346. The molecular weight excluding hydrogens is 278 g/mol. The van der Waals surface area contributed by atoms with Crippen LogP contribution in [0.25, 0.3) is 11.2 Å². The smallest absolute Gasteiger partial charge is 0.318 e. The van der Waals surface area contributed by atoms with E-state index >= 15 is 0 Å². The third-order valence-corrected chi connectivity index (χ3v) is 2.71. The Labute approximate surface area is 108 Å². The Morgan fingerprint density at radius 3 is 3.05 bits per heavy atom. The molecule has 0 spiro atoms. The number of ether oxygens (including phenoxy) is 1. The average molecular weight is 290 g/mol. The molecule has 104 valence electrons. The summed E-state index contributed by atoms with van der Waals surface area (Å²) in [5, 5.41) is 0. The molecule has 19 heavy (non-hydrogen) atoms. The van der Waals surface area contributed by atoms with Crippen LogP contribution in [0.1, 0.15) is 6.92 Å². The highest BCUT2D eigenvalue weighted by Gasteiger charge is 2.12. The van der Waals surface area contributed by atoms with Crippen molar-refractivity contribution < 1.29 is 23.1 Å². The molecule has 2 aromatic rings. The fraction of sp³-hybridized carbons (Fsp3) is 0.444. The number of fused-ring (bicyclic) bond motifs is 1. The summed E-state index contributed by atoms with van der Waals surface area (Å²) in [5.74, 6) is -0.681. The van der Waals surface area contributed by atoms with E-state index in [2.05, 4.69) is 19.5 Å². The van der Waals surface area contributed by atoms with Crippen molar-refractivity contribution in [1.29, 1.82) is 0 Å². The molecule has 0 amide bonds. The summed E-state index contributed by atoms with van der Waals surface area (Å²) in [5.41, 5.74) is 0.450. The molecule has 0 saturated carbocycles. The normalized spacial score (nSPS) is 14.7. The quantitative estimate of drug-likeness (QED) is 0.475. The maximum Gasteiger partial charge on any atom is 0.318 e. The number of hydrogen-bond acceptors (Lipinski definition) is 6. The van der Waals surface area contributed by atoms with Gasteiger partial charge in [-0.2, -0.15) is 4.39 Å². The first-order valence-corrected chi connectivity index (χ1v) is 6.63. The van der Waals surface area contributed by atoms with Crippen molar-refractivity contribution in [2.45, 2.75) is 19.6 Å². The van der Waals surface area contributed by atoms with Crippen molar-refractivity contribution in [3.8, 4) is 0 Å². The van der Waals surface area contributed by atoms with Crippen molar-refractivity contribution in [3.63, 3.8) is 0 Å². The Balaban J connectivity index is 2.01. The zero-order valence-electron chi connectivity index (χ0n) is 9.99. The van der Waals surface area contributed by atoms with E-state index in [-0.39, 0.29) is 18.4 Å². The molecule has 0 aromatic carbocycles. The van der Waals surface area contributed by atoms with Gasteiger partial charge in [-0.15, -0.1) is 0 Å². The van der Waals surface area contributed by atoms with E-state index in [1.807, 2.05) is 0 Å². The van der Waals surface area contributed by atoms with Crippen LogP contribution in [0, 0.1) is 5.95 Å². The molecule has 0 saturated heterocycles. The Bertz CT molecular complexity index is 593. The van der Waals surface area contributed by atoms with Crippen molar-refractivity contribution in [3.05, 3.63) is 18.6 Å². The minimum Gasteiger partial charge on any atom is -0.350 e. The van der Waals surface area contributed by atoms with Gasteiger partial charge in [-0.25, -0.2) is 15.0 Å². The third-order valence-electron chi connectivity index (χ3n) is 2.35. The second kappa shape index (κ2) is 6.16. The Morgan fingerprint density at radius 2 is 2.32 bits per heavy atom. The largest absolute Gasteiger partial charge is 0.350 e. The first-order chi connectivity index (χ1) is 9.08. The zero-order chi connectivity index (χ0) is 13.8. The highest BCUT2D eigenvalue weighted by atomic mass is 31.1. The lowest BCUT2D eigenvalue weighted by Crippen LogP contribution is -2.17. The van der Waals surface area contributed by atoms with Crippen LogP contribution in [0.4, 0.5) is 4.39 Å². The number of rotatable bonds is 6. The molecule has 0 aliphatic heterocycles. The van der Waals surface area contributed by atoms with Crippen LogP contribution >= 0.6 is 8.25 Å². The van der Waals surface area contributed by atoms with Crippen molar-refractivity contribution in [2.24, 2.45) is 0 Å². The molecule has 0 aliphatic rings. The van der Waals surface area contributed by atoms with Crippen LogP contribution in [0.3, 0.4) is 0 Å². The van der Waals surface area contributed by atoms with Crippen LogP contribution in [-0.2, 0) is 20.4 Å². The van der Waals surface area contributed by atoms with Gasteiger partial charge in [0.1, 0.15) is 6.33 Å². The molecular formula is C9H12FN4O4P. The van der Waals surface area contributed by atoms with E-state index < -0.39 is 14.2 Å². The van der Waals surface area contributed by atoms with Crippen LogP contribution in [-0.4, -0.2) is 37.3 Å². The van der Waals surface area contributed by atoms with E-state index in [1.165, 1.54) is 6.33 Å². The fourth-order valence-electron chi connectivity index (χ4n) is 1.52. The maximum absolute atomic E-state index is 13.3. The Kier molecular flexibility index (Phi) is 4.54. The Hall–Kier alpha value is -1.41. The molecule has 2 atom stereocenters. The van der Waals surface area contributed by atoms with Gasteiger partial charge in [0.2, 0.25) is 5.95 Å². The lowest BCUT2D eigenvalue weighted by atomic mass is 10.4. The lowest BCUT2D eigenvalue weighted by Gasteiger charge is -2.13. The second-order valence-corrected chi connectivity index (χ2v) is 4.56. The van der Waals surface area contributed by atoms with Gasteiger partial charge in [0.05, 0.1) is 19.0 Å². The number of nitrogens with zero attached hydrogens (tertiary/aromatic N) is 4. The first-order valence-electron chi connectivity index (χ1n) is 5.36. The van der Waals surface area contributed by atoms with E-state index in [0.717, 1.165) is 6.33 Å². The van der Waals surface area contributed by atoms with Crippen LogP contribution in [0.5, 0.6) is 0 Å². The topological polar surface area (TPSA) is 99.4 Å². The highest BCUT2D eigenvalue weighted by molar-refractivity contribution is 7.32. The van der Waals surface area contributed by atoms with Crippen LogP contribution in [0.15, 0.2) is 12.7 Å². The van der Waals surface area contributed by atoms with Gasteiger partial charge in [-0.05, 0) is 6.92 Å². The summed E-state index contributed by atoms with van der Waals surface area (Å²) in [6.07, 6.45) is 2.22. The van der Waals surface area contributed by atoms with Crippen LogP contribution in [0.2, 0.25) is 0 Å². The standard InChI is InChI=1S/C9H12FN4O4P/c1-6(17-5-18-19(15)16)2-14-4-13-7-8(10)11-3-12-9(7)14/h3-4,6,19H,2,5H2,1H3,(H,15,16)/t6-/m1/s1. The van der Waals surface area contributed by atoms with Gasteiger partial charge >= 0.3 is 8.25 Å². The number of hydrogen-bond donors (Lipinski definition) is 1. The minimum absolute atomic E-state index is 0.0892. The van der Waals surface area contributed by atoms with Gasteiger partial charge in [0.25, 0.3) is 0 Å². The van der Waals surface area contributed by atoms with Gasteiger partial charge in [0.15, 0.2) is 18.0 Å². The zero-order valence-corrected chi connectivity index (χ0v) is 11.0. The summed E-state index contributed by atoms with van der Waals surface area (Å²) in [6.45, 7) is 1.80. The van der Waals surface area contributed by atoms with E-state index in [0.29, 0.717) is 12.2 Å². The summed E-state index contributed by atoms with van der Waals surface area (Å²) < 4.78 is 34.8. The van der Waals surface area contributed by atoms with E-state index in [9.17, 15) is 8.96 Å². The highest BCUT2D eigenvalue weighted by Crippen LogP contribution is 2.15. The molecule has 1 unspecified atom stereocenters. The molecule has 0 fully saturated rings. The maximum atomic E-state index is 13.3. The predicted molar refractivity (Wildman–Crippen MR) is 63.0 cm³/mol. The molecule has 8 nitrogen and oxygen atoms in total. The second-order valence-electron chi connectivity index (χ2n) is 3.74. The predicted octanol–water partition coefficient (Wildman–Crippen LogP) is 0.727. The molecule has 0 radical (unpaired) electrons. The van der Waals surface area contributed by atoms with Gasteiger partial charge < -0.3 is 14.2 Å². The summed E-state index contributed by atoms with van der Waals surface area (Å²) in [7, 11) is -3.00. The summed E-state index contributed by atoms with van der Waals surface area (Å²) in [4.78, 5) is 19.7. The van der Waals surface area contributed by atoms with Crippen molar-refractivity contribution in [1.82, 2.24) is 19.5 Å².